The van der Waals surface area contributed by atoms with Gasteiger partial charge in [0, 0.05) is 0 Å². The van der Waals surface area contributed by atoms with Crippen molar-refractivity contribution in [1.82, 2.24) is 0 Å². The van der Waals surface area contributed by atoms with Gasteiger partial charge in [-0.15, -0.1) is 0 Å². The van der Waals surface area contributed by atoms with E-state index in [0.717, 1.165) is 31.6 Å². The standard InChI is InChI=1S/C12H17F/c1-8-10-4-9-2-3-12(13,6-10)7-11(8)5-9/h9-11H,1-7H2/t9?,10-,11+,12?. The minimum Gasteiger partial charge on any atom is -0.244 e. The molecular weight excluding hydrogens is 163 g/mol. The molecule has 0 aromatic carbocycles. The van der Waals surface area contributed by atoms with Crippen molar-refractivity contribution in [3.63, 3.8) is 0 Å². The molecule has 0 aromatic heterocycles. The van der Waals surface area contributed by atoms with Crippen LogP contribution in [-0.2, 0) is 0 Å². The number of hydrogen-bond acceptors (Lipinski definition) is 0. The Morgan fingerprint density at radius 2 is 1.85 bits per heavy atom. The van der Waals surface area contributed by atoms with E-state index >= 15 is 0 Å². The quantitative estimate of drug-likeness (QED) is 0.501. The topological polar surface area (TPSA) is 0 Å². The molecule has 0 saturated heterocycles. The lowest BCUT2D eigenvalue weighted by atomic mass is 9.64. The van der Waals surface area contributed by atoms with Gasteiger partial charge in [-0.3, -0.25) is 0 Å². The molecule has 1 heteroatoms. The molecule has 0 radical (unpaired) electrons. The van der Waals surface area contributed by atoms with Gasteiger partial charge in [0.25, 0.3) is 0 Å². The molecule has 4 atom stereocenters. The summed E-state index contributed by atoms with van der Waals surface area (Å²) in [7, 11) is 0. The van der Waals surface area contributed by atoms with Crippen molar-refractivity contribution in [3.8, 4) is 0 Å². The van der Waals surface area contributed by atoms with Crippen molar-refractivity contribution in [2.24, 2.45) is 17.8 Å². The van der Waals surface area contributed by atoms with Crippen LogP contribution in [0.3, 0.4) is 0 Å². The molecule has 4 bridgehead atoms. The van der Waals surface area contributed by atoms with Crippen LogP contribution in [0.5, 0.6) is 0 Å². The molecule has 4 aliphatic carbocycles. The Morgan fingerprint density at radius 1 is 1.23 bits per heavy atom. The zero-order chi connectivity index (χ0) is 9.05. The van der Waals surface area contributed by atoms with Gasteiger partial charge in [-0.05, 0) is 56.3 Å². The Kier molecular flexibility index (Phi) is 1.46. The van der Waals surface area contributed by atoms with Gasteiger partial charge in [0.15, 0.2) is 0 Å². The van der Waals surface area contributed by atoms with Crippen molar-refractivity contribution < 1.29 is 4.39 Å². The zero-order valence-corrected chi connectivity index (χ0v) is 8.06. The maximum Gasteiger partial charge on any atom is 0.112 e. The van der Waals surface area contributed by atoms with Crippen LogP contribution in [-0.4, -0.2) is 5.67 Å². The minimum absolute atomic E-state index is 0.532. The highest BCUT2D eigenvalue weighted by molar-refractivity contribution is 5.18. The first kappa shape index (κ1) is 8.02. The molecule has 0 heterocycles. The Balaban J connectivity index is 2.00. The van der Waals surface area contributed by atoms with Crippen LogP contribution in [0.1, 0.15) is 38.5 Å². The lowest BCUT2D eigenvalue weighted by molar-refractivity contribution is 0.0671. The molecule has 13 heavy (non-hydrogen) atoms. The summed E-state index contributed by atoms with van der Waals surface area (Å²) in [5.74, 6) is 1.88. The highest BCUT2D eigenvalue weighted by Crippen LogP contribution is 2.56. The van der Waals surface area contributed by atoms with Crippen molar-refractivity contribution in [2.45, 2.75) is 44.2 Å². The fourth-order valence-corrected chi connectivity index (χ4v) is 3.84. The SMILES string of the molecule is C=C1[C@@H]2CC3CCC(F)(C2)C[C@@H]1C3. The van der Waals surface area contributed by atoms with Crippen LogP contribution in [0.2, 0.25) is 0 Å². The van der Waals surface area contributed by atoms with E-state index in [9.17, 15) is 4.39 Å². The molecule has 72 valence electrons. The van der Waals surface area contributed by atoms with E-state index in [4.69, 9.17) is 0 Å². The fraction of sp³-hybridized carbons (Fsp3) is 0.833. The highest BCUT2D eigenvalue weighted by atomic mass is 19.1. The van der Waals surface area contributed by atoms with Crippen LogP contribution in [0.4, 0.5) is 4.39 Å². The lowest BCUT2D eigenvalue weighted by Crippen LogP contribution is -2.37. The summed E-state index contributed by atoms with van der Waals surface area (Å²) in [6.07, 6.45) is 6.02. The number of rotatable bonds is 0. The monoisotopic (exact) mass is 180 g/mol. The van der Waals surface area contributed by atoms with Crippen molar-refractivity contribution in [3.05, 3.63) is 12.2 Å². The third kappa shape index (κ3) is 1.09. The highest BCUT2D eigenvalue weighted by Gasteiger charge is 2.49. The Hall–Kier alpha value is -0.330. The molecule has 4 rings (SSSR count). The van der Waals surface area contributed by atoms with Crippen LogP contribution in [0.15, 0.2) is 12.2 Å². The molecule has 0 N–H and O–H groups in total. The summed E-state index contributed by atoms with van der Waals surface area (Å²) in [5, 5.41) is 0. The Labute approximate surface area is 79.2 Å². The average molecular weight is 180 g/mol. The predicted molar refractivity (Wildman–Crippen MR) is 51.2 cm³/mol. The van der Waals surface area contributed by atoms with Crippen LogP contribution >= 0.6 is 0 Å². The molecule has 0 amide bonds. The number of halogens is 1. The summed E-state index contributed by atoms with van der Waals surface area (Å²) in [6, 6.07) is 0. The molecule has 0 aromatic rings. The van der Waals surface area contributed by atoms with E-state index in [-0.39, 0.29) is 0 Å². The maximum atomic E-state index is 14.3. The van der Waals surface area contributed by atoms with Gasteiger partial charge in [0.2, 0.25) is 0 Å². The molecule has 0 nitrogen and oxygen atoms in total. The third-order valence-corrected chi connectivity index (χ3v) is 4.51. The summed E-state index contributed by atoms with van der Waals surface area (Å²) >= 11 is 0. The van der Waals surface area contributed by atoms with Crippen molar-refractivity contribution >= 4 is 0 Å². The molecule has 4 saturated carbocycles. The number of alkyl halides is 1. The second-order valence-corrected chi connectivity index (χ2v) is 5.40. The predicted octanol–water partition coefficient (Wildman–Crippen LogP) is 3.48. The first-order chi connectivity index (χ1) is 6.16. The Bertz CT molecular complexity index is 238. The average Bonchev–Trinajstić information content (AvgIpc) is 2.26. The van der Waals surface area contributed by atoms with E-state index in [2.05, 4.69) is 6.58 Å². The number of allylic oxidation sites excluding steroid dienone is 1. The Morgan fingerprint density at radius 3 is 2.46 bits per heavy atom. The molecule has 2 unspecified atom stereocenters. The molecule has 4 fully saturated rings. The molecular formula is C12H17F. The first-order valence-electron chi connectivity index (χ1n) is 5.54. The zero-order valence-electron chi connectivity index (χ0n) is 8.06. The summed E-state index contributed by atoms with van der Waals surface area (Å²) < 4.78 is 14.3. The van der Waals surface area contributed by atoms with E-state index in [1.807, 2.05) is 0 Å². The van der Waals surface area contributed by atoms with Crippen molar-refractivity contribution in [1.29, 1.82) is 0 Å². The van der Waals surface area contributed by atoms with Gasteiger partial charge in [-0.25, -0.2) is 4.39 Å². The molecule has 0 aliphatic heterocycles. The second kappa shape index (κ2) is 2.37. The van der Waals surface area contributed by atoms with Gasteiger partial charge < -0.3 is 0 Å². The van der Waals surface area contributed by atoms with Gasteiger partial charge in [0.1, 0.15) is 5.67 Å². The minimum atomic E-state index is -0.804. The van der Waals surface area contributed by atoms with E-state index in [1.165, 1.54) is 18.4 Å². The van der Waals surface area contributed by atoms with Gasteiger partial charge in [0.05, 0.1) is 0 Å². The molecule has 4 aliphatic rings. The van der Waals surface area contributed by atoms with Crippen LogP contribution in [0.25, 0.3) is 0 Å². The molecule has 0 spiro atoms. The number of fused-ring (bicyclic) bond motifs is 1. The van der Waals surface area contributed by atoms with E-state index < -0.39 is 5.67 Å². The lowest BCUT2D eigenvalue weighted by Gasteiger charge is -2.43. The van der Waals surface area contributed by atoms with Crippen LogP contribution in [0, 0.1) is 17.8 Å². The maximum absolute atomic E-state index is 14.3. The van der Waals surface area contributed by atoms with Gasteiger partial charge >= 0.3 is 0 Å². The fourth-order valence-electron chi connectivity index (χ4n) is 3.84. The largest absolute Gasteiger partial charge is 0.244 e. The van der Waals surface area contributed by atoms with Gasteiger partial charge in [-0.2, -0.15) is 0 Å². The summed E-state index contributed by atoms with van der Waals surface area (Å²) in [6.45, 7) is 4.16. The van der Waals surface area contributed by atoms with Gasteiger partial charge in [-0.1, -0.05) is 12.2 Å². The third-order valence-electron chi connectivity index (χ3n) is 4.51. The number of hydrogen-bond donors (Lipinski definition) is 0. The second-order valence-electron chi connectivity index (χ2n) is 5.40. The van der Waals surface area contributed by atoms with Crippen LogP contribution < -0.4 is 0 Å². The van der Waals surface area contributed by atoms with E-state index in [0.29, 0.717) is 11.8 Å². The summed E-state index contributed by atoms with van der Waals surface area (Å²) in [5.41, 5.74) is 0.577. The first-order valence-corrected chi connectivity index (χ1v) is 5.54. The van der Waals surface area contributed by atoms with E-state index in [1.54, 1.807) is 0 Å². The van der Waals surface area contributed by atoms with Crippen molar-refractivity contribution in [2.75, 3.05) is 0 Å². The summed E-state index contributed by atoms with van der Waals surface area (Å²) in [4.78, 5) is 0. The smallest absolute Gasteiger partial charge is 0.112 e. The normalized spacial score (nSPS) is 53.9.